The van der Waals surface area contributed by atoms with Crippen LogP contribution < -0.4 is 0 Å². The van der Waals surface area contributed by atoms with Crippen molar-refractivity contribution in [2.45, 2.75) is 24.6 Å². The first kappa shape index (κ1) is 8.89. The van der Waals surface area contributed by atoms with Crippen molar-refractivity contribution in [1.82, 2.24) is 0 Å². The molecule has 0 amide bonds. The molecule has 0 radical (unpaired) electrons. The van der Waals surface area contributed by atoms with Crippen LogP contribution >= 0.6 is 0 Å². The topological polar surface area (TPSA) is 79.2 Å². The van der Waals surface area contributed by atoms with Gasteiger partial charge in [-0.3, -0.25) is 0 Å². The monoisotopic (exact) mass is 165 g/mol. The van der Waals surface area contributed by atoms with Gasteiger partial charge in [-0.05, 0) is 0 Å². The molecule has 5 nitrogen and oxygen atoms in total. The fraction of sp³-hybridized carbons (Fsp3) is 1.00. The first-order chi connectivity index (χ1) is 5.16. The maximum absolute atomic E-state index is 9.15. The number of hydrogen-bond acceptors (Lipinski definition) is 5. The van der Waals surface area contributed by atoms with Gasteiger partial charge in [-0.25, -0.2) is 0 Å². The van der Waals surface area contributed by atoms with Crippen LogP contribution in [0.25, 0.3) is 0 Å². The molecule has 0 saturated carbocycles. The van der Waals surface area contributed by atoms with Crippen LogP contribution in [0.1, 0.15) is 0 Å². The molecule has 1 heterocycles. The van der Waals surface area contributed by atoms with E-state index in [1.165, 1.54) is 7.11 Å². The molecular weight excluding hydrogens is 153 g/mol. The summed E-state index contributed by atoms with van der Waals surface area (Å²) in [6.07, 6.45) is -4.23. The molecule has 0 spiro atoms. The zero-order valence-corrected chi connectivity index (χ0v) is 6.17. The molecule has 4 atom stereocenters. The Morgan fingerprint density at radius 2 is 1.91 bits per heavy atom. The van der Waals surface area contributed by atoms with Crippen molar-refractivity contribution >= 4 is 0 Å². The number of ether oxygens (including phenoxy) is 2. The third-order valence-electron chi connectivity index (χ3n) is 1.69. The standard InChI is InChI=1S/C6H12O5/c1-10-6-5(9)4(8)3(7)2-11-6/h3-9H,2H2,1H3/t3-,4-,5+,6-/m0/s1/i6+1. The number of methoxy groups -OCH3 is 1. The van der Waals surface area contributed by atoms with E-state index in [1.54, 1.807) is 0 Å². The summed E-state index contributed by atoms with van der Waals surface area (Å²) >= 11 is 0. The highest BCUT2D eigenvalue weighted by Gasteiger charge is 2.37. The smallest absolute Gasteiger partial charge is 0.185 e. The third-order valence-corrected chi connectivity index (χ3v) is 1.69. The summed E-state index contributed by atoms with van der Waals surface area (Å²) < 4.78 is 9.52. The van der Waals surface area contributed by atoms with Crippen molar-refractivity contribution in [3.8, 4) is 0 Å². The summed E-state index contributed by atoms with van der Waals surface area (Å²) in [4.78, 5) is 0. The summed E-state index contributed by atoms with van der Waals surface area (Å²) in [5.41, 5.74) is 0. The van der Waals surface area contributed by atoms with Gasteiger partial charge in [-0.2, -0.15) is 0 Å². The summed E-state index contributed by atoms with van der Waals surface area (Å²) in [6, 6.07) is 0. The zero-order valence-electron chi connectivity index (χ0n) is 6.17. The predicted octanol–water partition coefficient (Wildman–Crippen LogP) is -1.93. The molecule has 3 N–H and O–H groups in total. The lowest BCUT2D eigenvalue weighted by Gasteiger charge is -2.33. The van der Waals surface area contributed by atoms with E-state index in [4.69, 9.17) is 20.1 Å². The Morgan fingerprint density at radius 1 is 1.27 bits per heavy atom. The minimum atomic E-state index is -1.19. The molecule has 0 aromatic carbocycles. The molecule has 11 heavy (non-hydrogen) atoms. The normalized spacial score (nSPS) is 45.8. The molecule has 0 aromatic rings. The molecule has 66 valence electrons. The molecule has 1 saturated heterocycles. The van der Waals surface area contributed by atoms with E-state index in [1.807, 2.05) is 0 Å². The summed E-state index contributed by atoms with van der Waals surface area (Å²) in [5, 5.41) is 27.2. The molecule has 1 fully saturated rings. The SMILES string of the molecule is CO[13C@H]1OC[C@H](O)[C@H](O)[C@H]1O. The highest BCUT2D eigenvalue weighted by atomic mass is 16.8. The largest absolute Gasteiger partial charge is 0.388 e. The van der Waals surface area contributed by atoms with Gasteiger partial charge in [0.1, 0.15) is 18.3 Å². The molecule has 1 rings (SSSR count). The van der Waals surface area contributed by atoms with Gasteiger partial charge in [0.15, 0.2) is 6.29 Å². The first-order valence-corrected chi connectivity index (χ1v) is 3.35. The average Bonchev–Trinajstić information content (AvgIpc) is 2.01. The van der Waals surface area contributed by atoms with Crippen LogP contribution in [-0.2, 0) is 9.47 Å². The predicted molar refractivity (Wildman–Crippen MR) is 34.8 cm³/mol. The van der Waals surface area contributed by atoms with E-state index in [-0.39, 0.29) is 6.61 Å². The number of aliphatic hydroxyl groups is 3. The average molecular weight is 165 g/mol. The van der Waals surface area contributed by atoms with Gasteiger partial charge in [0.2, 0.25) is 0 Å². The molecule has 0 bridgehead atoms. The van der Waals surface area contributed by atoms with Crippen LogP contribution in [0.3, 0.4) is 0 Å². The van der Waals surface area contributed by atoms with Crippen LogP contribution in [-0.4, -0.2) is 53.6 Å². The van der Waals surface area contributed by atoms with Crippen molar-refractivity contribution in [2.24, 2.45) is 0 Å². The minimum absolute atomic E-state index is 0.0171. The molecule has 0 unspecified atom stereocenters. The van der Waals surface area contributed by atoms with Gasteiger partial charge >= 0.3 is 0 Å². The maximum Gasteiger partial charge on any atom is 0.185 e. The Bertz CT molecular complexity index is 126. The fourth-order valence-corrected chi connectivity index (χ4v) is 0.987. The lowest BCUT2D eigenvalue weighted by Crippen LogP contribution is -2.53. The minimum Gasteiger partial charge on any atom is -0.388 e. The van der Waals surface area contributed by atoms with Crippen molar-refractivity contribution < 1.29 is 24.8 Å². The van der Waals surface area contributed by atoms with E-state index in [0.717, 1.165) is 0 Å². The quantitative estimate of drug-likeness (QED) is 0.394. The van der Waals surface area contributed by atoms with Gasteiger partial charge < -0.3 is 24.8 Å². The Balaban J connectivity index is 2.52. The number of aliphatic hydroxyl groups excluding tert-OH is 3. The first-order valence-electron chi connectivity index (χ1n) is 3.35. The highest BCUT2D eigenvalue weighted by Crippen LogP contribution is 2.15. The lowest BCUT2D eigenvalue weighted by molar-refractivity contribution is -0.261. The second-order valence-corrected chi connectivity index (χ2v) is 2.49. The number of hydrogen-bond donors (Lipinski definition) is 3. The van der Waals surface area contributed by atoms with Gasteiger partial charge in [0.05, 0.1) is 6.61 Å². The van der Waals surface area contributed by atoms with E-state index in [0.29, 0.717) is 0 Å². The zero-order chi connectivity index (χ0) is 8.43. The van der Waals surface area contributed by atoms with Gasteiger partial charge in [0.25, 0.3) is 0 Å². The highest BCUT2D eigenvalue weighted by molar-refractivity contribution is 4.81. The van der Waals surface area contributed by atoms with Crippen LogP contribution in [0, 0.1) is 0 Å². The second-order valence-electron chi connectivity index (χ2n) is 2.49. The van der Waals surface area contributed by atoms with E-state index in [9.17, 15) is 0 Å². The molecule has 1 aliphatic heterocycles. The fourth-order valence-electron chi connectivity index (χ4n) is 0.987. The Morgan fingerprint density at radius 3 is 2.45 bits per heavy atom. The molecule has 5 heteroatoms. The molecule has 0 aliphatic carbocycles. The third kappa shape index (κ3) is 1.69. The van der Waals surface area contributed by atoms with Crippen LogP contribution in [0.4, 0.5) is 0 Å². The van der Waals surface area contributed by atoms with E-state index in [2.05, 4.69) is 4.74 Å². The second kappa shape index (κ2) is 3.46. The van der Waals surface area contributed by atoms with Gasteiger partial charge in [-0.1, -0.05) is 0 Å². The van der Waals surface area contributed by atoms with Gasteiger partial charge in [0, 0.05) is 7.11 Å². The molecule has 1 aliphatic rings. The summed E-state index contributed by atoms with van der Waals surface area (Å²) in [6.45, 7) is -0.0171. The summed E-state index contributed by atoms with van der Waals surface area (Å²) in [5.74, 6) is 0. The molecular formula is C6H12O5. The van der Waals surface area contributed by atoms with Crippen LogP contribution in [0.2, 0.25) is 0 Å². The Kier molecular flexibility index (Phi) is 2.80. The van der Waals surface area contributed by atoms with Crippen molar-refractivity contribution in [1.29, 1.82) is 0 Å². The lowest BCUT2D eigenvalue weighted by atomic mass is 10.1. The Hall–Kier alpha value is -0.200. The number of rotatable bonds is 1. The van der Waals surface area contributed by atoms with E-state index >= 15 is 0 Å². The van der Waals surface area contributed by atoms with Gasteiger partial charge in [-0.15, -0.1) is 0 Å². The van der Waals surface area contributed by atoms with Crippen molar-refractivity contribution in [2.75, 3.05) is 13.7 Å². The maximum atomic E-state index is 9.15. The van der Waals surface area contributed by atoms with Crippen LogP contribution in [0.5, 0.6) is 0 Å². The van der Waals surface area contributed by atoms with E-state index < -0.39 is 24.6 Å². The summed E-state index contributed by atoms with van der Waals surface area (Å²) in [7, 11) is 1.36. The van der Waals surface area contributed by atoms with Crippen molar-refractivity contribution in [3.05, 3.63) is 0 Å². The van der Waals surface area contributed by atoms with Crippen molar-refractivity contribution in [3.63, 3.8) is 0 Å². The molecule has 0 aromatic heterocycles. The van der Waals surface area contributed by atoms with Crippen LogP contribution in [0.15, 0.2) is 0 Å². The Labute approximate surface area is 64.2 Å².